The molecule has 0 radical (unpaired) electrons. The van der Waals surface area contributed by atoms with Crippen LogP contribution >= 0.6 is 23.2 Å². The maximum Gasteiger partial charge on any atom is 0.256 e. The Bertz CT molecular complexity index is 566. The lowest BCUT2D eigenvalue weighted by Crippen LogP contribution is -2.40. The minimum Gasteiger partial charge on any atom is -0.503 e. The maximum atomic E-state index is 12.4. The van der Waals surface area contributed by atoms with Crippen LogP contribution in [-0.2, 0) is 0 Å². The first-order chi connectivity index (χ1) is 10.5. The van der Waals surface area contributed by atoms with E-state index in [2.05, 4.69) is 17.1 Å². The second-order valence-corrected chi connectivity index (χ2v) is 6.05. The minimum atomic E-state index is -0.378. The van der Waals surface area contributed by atoms with Crippen LogP contribution < -0.4 is 10.1 Å². The van der Waals surface area contributed by atoms with Gasteiger partial charge in [-0.15, -0.1) is 0 Å². The van der Waals surface area contributed by atoms with Crippen LogP contribution in [0.1, 0.15) is 30.1 Å². The van der Waals surface area contributed by atoms with Gasteiger partial charge in [0.2, 0.25) is 0 Å². The molecule has 1 unspecified atom stereocenters. The first-order valence-corrected chi connectivity index (χ1v) is 8.02. The van der Waals surface area contributed by atoms with E-state index in [1.54, 1.807) is 0 Å². The highest BCUT2D eigenvalue weighted by Gasteiger charge is 2.26. The third-order valence-corrected chi connectivity index (χ3v) is 4.58. The van der Waals surface area contributed by atoms with E-state index in [0.29, 0.717) is 12.6 Å². The number of halogens is 2. The van der Waals surface area contributed by atoms with Gasteiger partial charge in [-0.05, 0) is 32.0 Å². The number of hydrogen-bond acceptors (Lipinski definition) is 4. The fourth-order valence-electron chi connectivity index (χ4n) is 2.84. The van der Waals surface area contributed by atoms with Crippen molar-refractivity contribution in [1.82, 2.24) is 10.2 Å². The Morgan fingerprint density at radius 3 is 2.86 bits per heavy atom. The summed E-state index contributed by atoms with van der Waals surface area (Å²) >= 11 is 11.9. The number of phenolic OH excluding ortho intramolecular Hbond substituents is 1. The van der Waals surface area contributed by atoms with Gasteiger partial charge in [0, 0.05) is 12.6 Å². The molecule has 1 atom stereocenters. The number of likely N-dealkylation sites (tertiary alicyclic amines) is 1. The molecule has 0 bridgehead atoms. The first kappa shape index (κ1) is 17.2. The van der Waals surface area contributed by atoms with Crippen LogP contribution in [0.3, 0.4) is 0 Å². The Hall–Kier alpha value is -1.17. The van der Waals surface area contributed by atoms with Crippen molar-refractivity contribution in [1.29, 1.82) is 0 Å². The molecule has 1 fully saturated rings. The zero-order chi connectivity index (χ0) is 16.3. The van der Waals surface area contributed by atoms with Crippen molar-refractivity contribution in [3.8, 4) is 11.5 Å². The van der Waals surface area contributed by atoms with E-state index < -0.39 is 0 Å². The van der Waals surface area contributed by atoms with Gasteiger partial charge in [0.1, 0.15) is 5.56 Å². The van der Waals surface area contributed by atoms with Crippen molar-refractivity contribution in [2.45, 2.75) is 25.8 Å². The smallest absolute Gasteiger partial charge is 0.256 e. The Balaban J connectivity index is 2.14. The number of nitrogens with one attached hydrogen (secondary N) is 1. The first-order valence-electron chi connectivity index (χ1n) is 7.26. The molecule has 2 N–H and O–H groups in total. The molecule has 22 heavy (non-hydrogen) atoms. The summed E-state index contributed by atoms with van der Waals surface area (Å²) in [5.74, 6) is -0.666. The number of carbonyl (C=O) groups excluding carboxylic acids is 1. The standard InChI is InChI=1S/C15H20Cl2N2O3/c1-3-19-6-4-5-9(19)8-18-15(21)12-10(16)7-11(17)13(20)14(12)22-2/h7,9,20H,3-6,8H2,1-2H3,(H,18,21). The molecular formula is C15H20Cl2N2O3. The normalized spacial score (nSPS) is 18.5. The van der Waals surface area contributed by atoms with E-state index in [-0.39, 0.29) is 33.0 Å². The number of benzene rings is 1. The van der Waals surface area contributed by atoms with E-state index in [1.165, 1.54) is 13.2 Å². The topological polar surface area (TPSA) is 61.8 Å². The molecule has 0 spiro atoms. The van der Waals surface area contributed by atoms with E-state index >= 15 is 0 Å². The quantitative estimate of drug-likeness (QED) is 0.860. The van der Waals surface area contributed by atoms with Crippen LogP contribution in [0.2, 0.25) is 10.0 Å². The second kappa shape index (κ2) is 7.40. The molecule has 2 rings (SSSR count). The molecule has 5 nitrogen and oxygen atoms in total. The number of likely N-dealkylation sites (N-methyl/N-ethyl adjacent to an activating group) is 1. The molecule has 1 aliphatic rings. The highest BCUT2D eigenvalue weighted by atomic mass is 35.5. The number of phenols is 1. The largest absolute Gasteiger partial charge is 0.503 e. The van der Waals surface area contributed by atoms with Gasteiger partial charge in [-0.25, -0.2) is 0 Å². The zero-order valence-electron chi connectivity index (χ0n) is 12.7. The highest BCUT2D eigenvalue weighted by Crippen LogP contribution is 2.41. The van der Waals surface area contributed by atoms with Crippen LogP contribution in [0, 0.1) is 0 Å². The number of carbonyl (C=O) groups is 1. The van der Waals surface area contributed by atoms with E-state index in [0.717, 1.165) is 25.9 Å². The lowest BCUT2D eigenvalue weighted by Gasteiger charge is -2.23. The van der Waals surface area contributed by atoms with Crippen LogP contribution in [-0.4, -0.2) is 48.7 Å². The molecule has 1 saturated heterocycles. The van der Waals surface area contributed by atoms with Gasteiger partial charge in [-0.2, -0.15) is 0 Å². The van der Waals surface area contributed by atoms with Crippen LogP contribution in [0.4, 0.5) is 0 Å². The molecule has 1 amide bonds. The molecule has 1 aromatic rings. The molecule has 0 saturated carbocycles. The summed E-state index contributed by atoms with van der Waals surface area (Å²) in [5.41, 5.74) is 0.104. The Morgan fingerprint density at radius 1 is 1.50 bits per heavy atom. The molecule has 122 valence electrons. The van der Waals surface area contributed by atoms with Crippen molar-refractivity contribution in [2.24, 2.45) is 0 Å². The Kier molecular flexibility index (Phi) is 5.78. The number of aromatic hydroxyl groups is 1. The van der Waals surface area contributed by atoms with Gasteiger partial charge in [0.05, 0.1) is 17.2 Å². The van der Waals surface area contributed by atoms with Crippen molar-refractivity contribution < 1.29 is 14.6 Å². The van der Waals surface area contributed by atoms with Crippen LogP contribution in [0.25, 0.3) is 0 Å². The van der Waals surface area contributed by atoms with Gasteiger partial charge < -0.3 is 15.2 Å². The van der Waals surface area contributed by atoms with E-state index in [1.807, 2.05) is 0 Å². The third-order valence-electron chi connectivity index (χ3n) is 4.00. The molecule has 7 heteroatoms. The van der Waals surface area contributed by atoms with Gasteiger partial charge in [-0.1, -0.05) is 30.1 Å². The zero-order valence-corrected chi connectivity index (χ0v) is 14.2. The lowest BCUT2D eigenvalue weighted by molar-refractivity contribution is 0.0938. The van der Waals surface area contributed by atoms with Crippen molar-refractivity contribution in [3.05, 3.63) is 21.7 Å². The maximum absolute atomic E-state index is 12.4. The Morgan fingerprint density at radius 2 is 2.23 bits per heavy atom. The Labute approximate surface area is 140 Å². The monoisotopic (exact) mass is 346 g/mol. The summed E-state index contributed by atoms with van der Waals surface area (Å²) in [6, 6.07) is 1.67. The van der Waals surface area contributed by atoms with Crippen molar-refractivity contribution in [2.75, 3.05) is 26.7 Å². The van der Waals surface area contributed by atoms with Gasteiger partial charge in [-0.3, -0.25) is 9.69 Å². The number of ether oxygens (including phenoxy) is 1. The summed E-state index contributed by atoms with van der Waals surface area (Å²) in [6.45, 7) is 4.67. The number of nitrogens with zero attached hydrogens (tertiary/aromatic N) is 1. The average Bonchev–Trinajstić information content (AvgIpc) is 2.95. The number of amides is 1. The average molecular weight is 347 g/mol. The highest BCUT2D eigenvalue weighted by molar-refractivity contribution is 6.38. The van der Waals surface area contributed by atoms with E-state index in [4.69, 9.17) is 27.9 Å². The van der Waals surface area contributed by atoms with E-state index in [9.17, 15) is 9.90 Å². The van der Waals surface area contributed by atoms with Gasteiger partial charge in [0.15, 0.2) is 11.5 Å². The van der Waals surface area contributed by atoms with Crippen molar-refractivity contribution in [3.63, 3.8) is 0 Å². The summed E-state index contributed by atoms with van der Waals surface area (Å²) in [5, 5.41) is 13.0. The third kappa shape index (κ3) is 3.42. The summed E-state index contributed by atoms with van der Waals surface area (Å²) < 4.78 is 5.08. The predicted molar refractivity (Wildman–Crippen MR) is 87.3 cm³/mol. The SMILES string of the molecule is CCN1CCCC1CNC(=O)c1c(Cl)cc(Cl)c(O)c1OC. The molecule has 1 heterocycles. The fourth-order valence-corrected chi connectivity index (χ4v) is 3.37. The van der Waals surface area contributed by atoms with Crippen LogP contribution in [0.15, 0.2) is 6.07 Å². The molecule has 0 aromatic heterocycles. The minimum absolute atomic E-state index is 0.00577. The number of rotatable bonds is 5. The van der Waals surface area contributed by atoms with Gasteiger partial charge >= 0.3 is 0 Å². The summed E-state index contributed by atoms with van der Waals surface area (Å²) in [7, 11) is 1.36. The summed E-state index contributed by atoms with van der Waals surface area (Å²) in [4.78, 5) is 14.7. The molecular weight excluding hydrogens is 327 g/mol. The van der Waals surface area contributed by atoms with Crippen molar-refractivity contribution >= 4 is 29.1 Å². The molecule has 1 aromatic carbocycles. The molecule has 1 aliphatic heterocycles. The van der Waals surface area contributed by atoms with Crippen LogP contribution in [0.5, 0.6) is 11.5 Å². The fraction of sp³-hybridized carbons (Fsp3) is 0.533. The lowest BCUT2D eigenvalue weighted by atomic mass is 10.1. The summed E-state index contributed by atoms with van der Waals surface area (Å²) in [6.07, 6.45) is 2.20. The number of methoxy groups -OCH3 is 1. The predicted octanol–water partition coefficient (Wildman–Crippen LogP) is 2.92. The van der Waals surface area contributed by atoms with Gasteiger partial charge in [0.25, 0.3) is 5.91 Å². The number of hydrogen-bond donors (Lipinski definition) is 2. The second-order valence-electron chi connectivity index (χ2n) is 5.23. The molecule has 0 aliphatic carbocycles.